The molecule has 3 N–H and O–H groups in total. The Bertz CT molecular complexity index is 519. The van der Waals surface area contributed by atoms with E-state index in [9.17, 15) is 9.59 Å². The van der Waals surface area contributed by atoms with E-state index in [1.165, 1.54) is 12.3 Å². The van der Waals surface area contributed by atoms with Crippen molar-refractivity contribution in [2.24, 2.45) is 5.92 Å². The minimum Gasteiger partial charge on any atom is -0.462 e. The number of anilines is 2. The van der Waals surface area contributed by atoms with Crippen molar-refractivity contribution in [2.75, 3.05) is 37.9 Å². The van der Waals surface area contributed by atoms with E-state index in [-0.39, 0.29) is 18.4 Å². The van der Waals surface area contributed by atoms with Gasteiger partial charge in [0.1, 0.15) is 11.4 Å². The van der Waals surface area contributed by atoms with E-state index in [0.717, 1.165) is 0 Å². The smallest absolute Gasteiger partial charge is 0.341 e. The standard InChI is InChI=1S/C14H22N4O3/c1-5-21-14(20)11-6-10(15)7-17-12(11)18(4)8-9(2)13(19)16-3/h6-7,9H,5,8,15H2,1-4H3,(H,16,19). The van der Waals surface area contributed by atoms with Gasteiger partial charge in [0.15, 0.2) is 0 Å². The molecular weight excluding hydrogens is 272 g/mol. The Morgan fingerprint density at radius 2 is 2.19 bits per heavy atom. The summed E-state index contributed by atoms with van der Waals surface area (Å²) < 4.78 is 5.01. The summed E-state index contributed by atoms with van der Waals surface area (Å²) in [6.07, 6.45) is 1.47. The number of pyridine rings is 1. The molecule has 1 rings (SSSR count). The van der Waals surface area contributed by atoms with Crippen LogP contribution in [0, 0.1) is 5.92 Å². The summed E-state index contributed by atoms with van der Waals surface area (Å²) in [6.45, 7) is 4.22. The third-order valence-electron chi connectivity index (χ3n) is 2.99. The van der Waals surface area contributed by atoms with Crippen LogP contribution in [0.3, 0.4) is 0 Å². The third-order valence-corrected chi connectivity index (χ3v) is 2.99. The van der Waals surface area contributed by atoms with E-state index >= 15 is 0 Å². The van der Waals surface area contributed by atoms with Crippen molar-refractivity contribution in [1.82, 2.24) is 10.3 Å². The van der Waals surface area contributed by atoms with Crippen LogP contribution in [0.15, 0.2) is 12.3 Å². The highest BCUT2D eigenvalue weighted by Crippen LogP contribution is 2.21. The second kappa shape index (κ2) is 7.47. The monoisotopic (exact) mass is 294 g/mol. The van der Waals surface area contributed by atoms with Crippen LogP contribution in [0.2, 0.25) is 0 Å². The number of rotatable bonds is 6. The Morgan fingerprint density at radius 1 is 1.52 bits per heavy atom. The van der Waals surface area contributed by atoms with E-state index in [4.69, 9.17) is 10.5 Å². The van der Waals surface area contributed by atoms with E-state index in [2.05, 4.69) is 10.3 Å². The van der Waals surface area contributed by atoms with Gasteiger partial charge in [-0.15, -0.1) is 0 Å². The topological polar surface area (TPSA) is 97.6 Å². The molecule has 1 heterocycles. The van der Waals surface area contributed by atoms with Gasteiger partial charge in [-0.05, 0) is 13.0 Å². The van der Waals surface area contributed by atoms with Crippen LogP contribution >= 0.6 is 0 Å². The Hall–Kier alpha value is -2.31. The number of nitrogens with one attached hydrogen (secondary N) is 1. The highest BCUT2D eigenvalue weighted by Gasteiger charge is 2.20. The first-order chi connectivity index (χ1) is 9.90. The summed E-state index contributed by atoms with van der Waals surface area (Å²) in [6, 6.07) is 1.53. The van der Waals surface area contributed by atoms with Crippen molar-refractivity contribution in [3.63, 3.8) is 0 Å². The summed E-state index contributed by atoms with van der Waals surface area (Å²) in [5.74, 6) is -0.352. The van der Waals surface area contributed by atoms with Crippen LogP contribution in [0.1, 0.15) is 24.2 Å². The minimum absolute atomic E-state index is 0.0741. The molecule has 0 aliphatic carbocycles. The third kappa shape index (κ3) is 4.34. The summed E-state index contributed by atoms with van der Waals surface area (Å²) in [5, 5.41) is 2.59. The summed E-state index contributed by atoms with van der Waals surface area (Å²) >= 11 is 0. The van der Waals surface area contributed by atoms with Gasteiger partial charge in [-0.25, -0.2) is 9.78 Å². The molecule has 116 valence electrons. The number of nitrogen functional groups attached to an aromatic ring is 1. The van der Waals surface area contributed by atoms with E-state index in [1.807, 2.05) is 0 Å². The predicted octanol–water partition coefficient (Wildman–Crippen LogP) is 0.659. The fourth-order valence-corrected chi connectivity index (χ4v) is 1.96. The number of carbonyl (C=O) groups is 2. The lowest BCUT2D eigenvalue weighted by Gasteiger charge is -2.23. The number of nitrogens with two attached hydrogens (primary N) is 1. The zero-order valence-electron chi connectivity index (χ0n) is 12.8. The maximum Gasteiger partial charge on any atom is 0.341 e. The summed E-state index contributed by atoms with van der Waals surface area (Å²) in [4.78, 5) is 29.5. The number of ether oxygens (including phenoxy) is 1. The second-order valence-corrected chi connectivity index (χ2v) is 4.76. The normalized spacial score (nSPS) is 11.6. The van der Waals surface area contributed by atoms with E-state index in [0.29, 0.717) is 23.6 Å². The lowest BCUT2D eigenvalue weighted by atomic mass is 10.1. The van der Waals surface area contributed by atoms with Crippen molar-refractivity contribution >= 4 is 23.4 Å². The van der Waals surface area contributed by atoms with Gasteiger partial charge in [-0.1, -0.05) is 6.92 Å². The van der Waals surface area contributed by atoms with Gasteiger partial charge in [-0.3, -0.25) is 4.79 Å². The van der Waals surface area contributed by atoms with Crippen LogP contribution in [0.25, 0.3) is 0 Å². The van der Waals surface area contributed by atoms with Gasteiger partial charge in [0.2, 0.25) is 5.91 Å². The number of hydrogen-bond donors (Lipinski definition) is 2. The summed E-state index contributed by atoms with van der Waals surface area (Å²) in [7, 11) is 3.35. The van der Waals surface area contributed by atoms with Crippen molar-refractivity contribution in [3.8, 4) is 0 Å². The zero-order chi connectivity index (χ0) is 16.0. The quantitative estimate of drug-likeness (QED) is 0.748. The fourth-order valence-electron chi connectivity index (χ4n) is 1.96. The number of aromatic nitrogens is 1. The molecule has 0 saturated heterocycles. The molecule has 1 amide bonds. The van der Waals surface area contributed by atoms with Crippen LogP contribution in [0.4, 0.5) is 11.5 Å². The molecule has 0 fully saturated rings. The molecule has 0 aromatic carbocycles. The lowest BCUT2D eigenvalue weighted by molar-refractivity contribution is -0.123. The van der Waals surface area contributed by atoms with E-state index < -0.39 is 5.97 Å². The molecule has 21 heavy (non-hydrogen) atoms. The maximum atomic E-state index is 12.0. The minimum atomic E-state index is -0.480. The molecule has 0 aliphatic heterocycles. The Morgan fingerprint density at radius 3 is 2.76 bits per heavy atom. The number of amides is 1. The van der Waals surface area contributed by atoms with Gasteiger partial charge in [0.25, 0.3) is 0 Å². The molecule has 7 heteroatoms. The zero-order valence-corrected chi connectivity index (χ0v) is 12.8. The van der Waals surface area contributed by atoms with Gasteiger partial charge in [0, 0.05) is 20.6 Å². The van der Waals surface area contributed by atoms with Gasteiger partial charge >= 0.3 is 5.97 Å². The first-order valence-electron chi connectivity index (χ1n) is 6.76. The maximum absolute atomic E-state index is 12.0. The Balaban J connectivity index is 3.00. The molecule has 1 aromatic heterocycles. The molecule has 7 nitrogen and oxygen atoms in total. The van der Waals surface area contributed by atoms with Crippen LogP contribution in [-0.4, -0.2) is 44.1 Å². The molecule has 1 unspecified atom stereocenters. The molecule has 0 spiro atoms. The highest BCUT2D eigenvalue weighted by atomic mass is 16.5. The molecule has 1 aromatic rings. The first kappa shape index (κ1) is 16.7. The number of nitrogens with zero attached hydrogens (tertiary/aromatic N) is 2. The molecule has 1 atom stereocenters. The summed E-state index contributed by atoms with van der Waals surface area (Å²) in [5.41, 5.74) is 6.36. The average molecular weight is 294 g/mol. The van der Waals surface area contributed by atoms with Gasteiger partial charge in [-0.2, -0.15) is 0 Å². The van der Waals surface area contributed by atoms with Crippen LogP contribution in [0.5, 0.6) is 0 Å². The number of esters is 1. The van der Waals surface area contributed by atoms with Crippen molar-refractivity contribution in [1.29, 1.82) is 0 Å². The van der Waals surface area contributed by atoms with Crippen molar-refractivity contribution in [2.45, 2.75) is 13.8 Å². The Kier molecular flexibility index (Phi) is 5.95. The number of hydrogen-bond acceptors (Lipinski definition) is 6. The van der Waals surface area contributed by atoms with Crippen LogP contribution in [-0.2, 0) is 9.53 Å². The van der Waals surface area contributed by atoms with Gasteiger partial charge < -0.3 is 20.7 Å². The van der Waals surface area contributed by atoms with E-state index in [1.54, 1.807) is 32.8 Å². The lowest BCUT2D eigenvalue weighted by Crippen LogP contribution is -2.35. The molecule has 0 saturated carbocycles. The fraction of sp³-hybridized carbons (Fsp3) is 0.500. The van der Waals surface area contributed by atoms with Crippen molar-refractivity contribution < 1.29 is 14.3 Å². The van der Waals surface area contributed by atoms with Crippen LogP contribution < -0.4 is 16.0 Å². The van der Waals surface area contributed by atoms with Crippen molar-refractivity contribution in [3.05, 3.63) is 17.8 Å². The Labute approximate surface area is 124 Å². The molecule has 0 aliphatic rings. The first-order valence-corrected chi connectivity index (χ1v) is 6.76. The number of carbonyl (C=O) groups excluding carboxylic acids is 2. The highest BCUT2D eigenvalue weighted by molar-refractivity contribution is 5.95. The predicted molar refractivity (Wildman–Crippen MR) is 81.1 cm³/mol. The SMILES string of the molecule is CCOC(=O)c1cc(N)cnc1N(C)CC(C)C(=O)NC. The average Bonchev–Trinajstić information content (AvgIpc) is 2.46. The molecule has 0 bridgehead atoms. The largest absolute Gasteiger partial charge is 0.462 e. The second-order valence-electron chi connectivity index (χ2n) is 4.76. The molecular formula is C14H22N4O3. The van der Waals surface area contributed by atoms with Gasteiger partial charge in [0.05, 0.1) is 24.4 Å². The molecule has 0 radical (unpaired) electrons.